The van der Waals surface area contributed by atoms with E-state index < -0.39 is 163 Å². The molecule has 92 heavy (non-hydrogen) atoms. The summed E-state index contributed by atoms with van der Waals surface area (Å²) in [4.78, 5) is 181. The van der Waals surface area contributed by atoms with E-state index in [1.54, 1.807) is 0 Å². The number of carbonyl (C=O) groups excluding carboxylic acids is 12. The summed E-state index contributed by atoms with van der Waals surface area (Å²) >= 11 is 0. The highest BCUT2D eigenvalue weighted by Gasteiger charge is 2.39. The number of aliphatic imine (C=N–C) groups is 2. The number of guanidine groups is 2. The van der Waals surface area contributed by atoms with Gasteiger partial charge in [-0.2, -0.15) is 0 Å². The van der Waals surface area contributed by atoms with Crippen molar-refractivity contribution in [1.82, 2.24) is 58.1 Å². The van der Waals surface area contributed by atoms with Gasteiger partial charge in [0.25, 0.3) is 0 Å². The molecule has 0 aromatic rings. The molecule has 11 atom stereocenters. The van der Waals surface area contributed by atoms with Crippen molar-refractivity contribution in [3.63, 3.8) is 0 Å². The molecule has 31 N–H and O–H groups in total. The molecular weight excluding hydrogens is 1210 g/mol. The van der Waals surface area contributed by atoms with E-state index in [4.69, 9.17) is 51.6 Å². The molecule has 1 aliphatic heterocycles. The third-order valence-electron chi connectivity index (χ3n) is 14.3. The van der Waals surface area contributed by atoms with Gasteiger partial charge in [-0.05, 0) is 136 Å². The van der Waals surface area contributed by atoms with Gasteiger partial charge in [0.2, 0.25) is 70.9 Å². The van der Waals surface area contributed by atoms with E-state index in [1.165, 1.54) is 11.8 Å². The van der Waals surface area contributed by atoms with Gasteiger partial charge in [-0.3, -0.25) is 67.5 Å². The molecule has 0 bridgehead atoms. The number of nitrogens with zero attached hydrogens (tertiary/aromatic N) is 3. The molecule has 0 radical (unpaired) electrons. The minimum absolute atomic E-state index is 0.00407. The predicted molar refractivity (Wildman–Crippen MR) is 333 cm³/mol. The van der Waals surface area contributed by atoms with E-state index in [0.29, 0.717) is 51.4 Å². The van der Waals surface area contributed by atoms with Gasteiger partial charge in [-0.1, -0.05) is 0 Å². The Morgan fingerprint density at radius 3 is 1.45 bits per heavy atom. The lowest BCUT2D eigenvalue weighted by Crippen LogP contribution is -2.60. The van der Waals surface area contributed by atoms with E-state index in [1.807, 2.05) is 0 Å². The number of hydrogen-bond donors (Lipinski definition) is 22. The first-order valence-electron chi connectivity index (χ1n) is 30.5. The number of carbonyl (C=O) groups is 13. The Balaban J connectivity index is 3.10. The van der Waals surface area contributed by atoms with Crippen molar-refractivity contribution in [2.24, 2.45) is 61.6 Å². The summed E-state index contributed by atoms with van der Waals surface area (Å²) in [6.07, 6.45) is 1.15. The van der Waals surface area contributed by atoms with Crippen LogP contribution in [0.1, 0.15) is 123 Å². The highest BCUT2D eigenvalue weighted by Crippen LogP contribution is 2.20. The largest absolute Gasteiger partial charge is 0.480 e. The van der Waals surface area contributed by atoms with Gasteiger partial charge < -0.3 is 125 Å². The van der Waals surface area contributed by atoms with Gasteiger partial charge in [-0.15, -0.1) is 0 Å². The molecule has 38 heteroatoms. The van der Waals surface area contributed by atoms with E-state index in [-0.39, 0.29) is 109 Å². The maximum atomic E-state index is 14.1. The van der Waals surface area contributed by atoms with Crippen LogP contribution in [0.3, 0.4) is 0 Å². The van der Waals surface area contributed by atoms with Crippen molar-refractivity contribution in [3.8, 4) is 0 Å². The van der Waals surface area contributed by atoms with Crippen molar-refractivity contribution in [1.29, 1.82) is 0 Å². The minimum Gasteiger partial charge on any atom is -0.480 e. The average Bonchev–Trinajstić information content (AvgIpc) is 1.65. The first kappa shape index (κ1) is 81.4. The summed E-state index contributed by atoms with van der Waals surface area (Å²) in [6.45, 7) is 0.964. The Kier molecular flexibility index (Phi) is 39.7. The smallest absolute Gasteiger partial charge is 0.326 e. The second-order valence-electron chi connectivity index (χ2n) is 22.0. The normalized spacial score (nSPS) is 15.9. The number of nitrogens with one attached hydrogen (secondary N) is 10. The average molecular weight is 1310 g/mol. The van der Waals surface area contributed by atoms with Gasteiger partial charge in [0.15, 0.2) is 11.9 Å². The highest BCUT2D eigenvalue weighted by atomic mass is 16.4. The molecule has 12 amide bonds. The van der Waals surface area contributed by atoms with Gasteiger partial charge in [0, 0.05) is 26.1 Å². The lowest BCUT2D eigenvalue weighted by atomic mass is 10.0. The zero-order valence-corrected chi connectivity index (χ0v) is 52.4. The number of primary amides is 1. The molecule has 0 spiro atoms. The number of nitrogens with two attached hydrogens (primary N) is 9. The third kappa shape index (κ3) is 32.4. The molecule has 0 saturated carbocycles. The molecule has 0 aromatic heterocycles. The molecule has 1 heterocycles. The number of aliphatic hydroxyl groups is 2. The SMILES string of the molecule is C[C@H](NC(=O)[C@H](CCCCN)NC(=O)CNC(=O)CNC(=O)[C@@H](NC(=O)[C@H](CO)NC(=O)[C@H](CCCCN)NC(=O)[C@@H](N)CCCN=C(N)N)[C@@H](C)O)C(=O)N1CCC[C@H]1C(=O)N[C@@H](CCCN=C(N)N)C(=O)N[C@@H](CCCCN)C(=O)N[C@@H](CCC(N)=O)C(=O)O. The fraction of sp³-hybridized carbons (Fsp3) is 0.722. The van der Waals surface area contributed by atoms with Crippen molar-refractivity contribution >= 4 is 88.8 Å². The quantitative estimate of drug-likeness (QED) is 0.0153. The maximum absolute atomic E-state index is 14.1. The van der Waals surface area contributed by atoms with Crippen molar-refractivity contribution < 1.29 is 77.6 Å². The summed E-state index contributed by atoms with van der Waals surface area (Å²) in [7, 11) is 0. The lowest BCUT2D eigenvalue weighted by Gasteiger charge is -2.30. The van der Waals surface area contributed by atoms with Crippen LogP contribution < -0.4 is 105 Å². The number of carboxylic acids is 1. The van der Waals surface area contributed by atoms with Crippen LogP contribution in [0, 0.1) is 0 Å². The van der Waals surface area contributed by atoms with E-state index in [9.17, 15) is 77.6 Å². The van der Waals surface area contributed by atoms with Crippen LogP contribution in [0.25, 0.3) is 0 Å². The topological polar surface area (TPSA) is 665 Å². The standard InChI is InChI=1S/C54H100N22O16/c1-29(51(90)76-25-11-17-38(76)49(88)72-35(16-10-24-65-54(62)63)45(84)71-34(15-5-8-22-57)46(85)73-36(52(91)92)18-19-39(59)79)68-44(83)32(13-3-6-20-55)69-41(81)27-66-40(80)26-67-50(89)42(30(2)78)75-48(87)37(28-77)74-47(86)33(14-4-7-21-56)70-43(82)31(58)12-9-23-64-53(60)61/h29-38,42,77-78H,3-28,55-58H2,1-2H3,(H2,59,79)(H,66,80)(H,67,89)(H,68,83)(H,69,81)(H,70,82)(H,71,84)(H,72,88)(H,73,85)(H,74,86)(H,75,87)(H,91,92)(H4,60,61,64)(H4,62,63,65)/t29-,30+,31-,32-,33-,34-,35-,36-,37-,38-,42-/m0/s1. The Bertz CT molecular complexity index is 2500. The number of likely N-dealkylation sites (tertiary alicyclic amines) is 1. The summed E-state index contributed by atoms with van der Waals surface area (Å²) in [6, 6.07) is -13.7. The van der Waals surface area contributed by atoms with Crippen LogP contribution in [-0.2, 0) is 62.3 Å². The predicted octanol–water partition coefficient (Wildman–Crippen LogP) is -10.3. The maximum Gasteiger partial charge on any atom is 0.326 e. The lowest BCUT2D eigenvalue weighted by molar-refractivity contribution is -0.143. The van der Waals surface area contributed by atoms with Crippen molar-refractivity contribution in [2.45, 2.75) is 190 Å². The zero-order valence-electron chi connectivity index (χ0n) is 52.4. The molecule has 1 fully saturated rings. The summed E-state index contributed by atoms with van der Waals surface area (Å²) in [5.41, 5.74) is 49.7. The Hall–Kier alpha value is -8.59. The van der Waals surface area contributed by atoms with Gasteiger partial charge >= 0.3 is 5.97 Å². The highest BCUT2D eigenvalue weighted by molar-refractivity contribution is 5.99. The van der Waals surface area contributed by atoms with Crippen LogP contribution in [0.2, 0.25) is 0 Å². The fourth-order valence-electron chi connectivity index (χ4n) is 9.16. The molecule has 0 unspecified atom stereocenters. The van der Waals surface area contributed by atoms with Crippen LogP contribution >= 0.6 is 0 Å². The number of aliphatic carboxylic acids is 1. The molecule has 1 saturated heterocycles. The molecule has 0 aliphatic carbocycles. The third-order valence-corrected chi connectivity index (χ3v) is 14.3. The van der Waals surface area contributed by atoms with Crippen LogP contribution in [0.5, 0.6) is 0 Å². The number of rotatable bonds is 47. The Morgan fingerprint density at radius 1 is 0.511 bits per heavy atom. The fourth-order valence-corrected chi connectivity index (χ4v) is 9.16. The molecule has 522 valence electrons. The Labute approximate surface area is 533 Å². The van der Waals surface area contributed by atoms with Gasteiger partial charge in [0.1, 0.15) is 54.4 Å². The molecular formula is C54H100N22O16. The van der Waals surface area contributed by atoms with Crippen LogP contribution in [-0.4, -0.2) is 234 Å². The molecule has 1 rings (SSSR count). The van der Waals surface area contributed by atoms with Gasteiger partial charge in [-0.25, -0.2) is 4.79 Å². The number of carboxylic acid groups (broad SMARTS) is 1. The van der Waals surface area contributed by atoms with E-state index >= 15 is 0 Å². The number of aliphatic hydroxyl groups excluding tert-OH is 2. The van der Waals surface area contributed by atoms with Gasteiger partial charge in [0.05, 0.1) is 31.8 Å². The van der Waals surface area contributed by atoms with Crippen molar-refractivity contribution in [3.05, 3.63) is 0 Å². The monoisotopic (exact) mass is 1310 g/mol. The van der Waals surface area contributed by atoms with Crippen LogP contribution in [0.15, 0.2) is 9.98 Å². The Morgan fingerprint density at radius 2 is 0.957 bits per heavy atom. The molecule has 38 nitrogen and oxygen atoms in total. The first-order chi connectivity index (χ1) is 43.5. The second-order valence-corrected chi connectivity index (χ2v) is 22.0. The number of amides is 12. The second kappa shape index (κ2) is 44.8. The number of unbranched alkanes of at least 4 members (excludes halogenated alkanes) is 3. The zero-order chi connectivity index (χ0) is 69.5. The summed E-state index contributed by atoms with van der Waals surface area (Å²) < 4.78 is 0. The van der Waals surface area contributed by atoms with E-state index in [2.05, 4.69) is 63.2 Å². The first-order valence-corrected chi connectivity index (χ1v) is 30.5. The molecule has 0 aromatic carbocycles. The summed E-state index contributed by atoms with van der Waals surface area (Å²) in [5.74, 6) is -12.3. The minimum atomic E-state index is -1.76. The summed E-state index contributed by atoms with van der Waals surface area (Å²) in [5, 5.41) is 54.4. The van der Waals surface area contributed by atoms with E-state index in [0.717, 1.165) is 6.92 Å². The van der Waals surface area contributed by atoms with Crippen LogP contribution in [0.4, 0.5) is 0 Å². The number of hydrogen-bond acceptors (Lipinski definition) is 21. The molecule has 1 aliphatic rings. The van der Waals surface area contributed by atoms with Crippen molar-refractivity contribution in [2.75, 3.05) is 59.0 Å².